The minimum atomic E-state index is -0.518. The zero-order valence-electron chi connectivity index (χ0n) is 8.97. The first-order chi connectivity index (χ1) is 7.77. The van der Waals surface area contributed by atoms with E-state index in [9.17, 15) is 5.11 Å². The van der Waals surface area contributed by atoms with Crippen LogP contribution in [0, 0.1) is 6.92 Å². The highest BCUT2D eigenvalue weighted by Crippen LogP contribution is 2.39. The molecule has 1 N–H and O–H groups in total. The molecule has 1 aliphatic carbocycles. The summed E-state index contributed by atoms with van der Waals surface area (Å²) in [4.78, 5) is 0. The molecule has 0 fully saturated rings. The van der Waals surface area contributed by atoms with E-state index in [0.29, 0.717) is 0 Å². The van der Waals surface area contributed by atoms with E-state index in [-0.39, 0.29) is 0 Å². The molecule has 1 unspecified atom stereocenters. The van der Waals surface area contributed by atoms with Crippen LogP contribution in [0.1, 0.15) is 28.6 Å². The third-order valence-corrected chi connectivity index (χ3v) is 3.00. The van der Waals surface area contributed by atoms with Crippen LogP contribution in [0.25, 0.3) is 5.57 Å². The van der Waals surface area contributed by atoms with E-state index >= 15 is 0 Å². The SMILES string of the molecule is Cc1ccoc1C1=CC(O)c2ccccc21. The Kier molecular flexibility index (Phi) is 1.98. The summed E-state index contributed by atoms with van der Waals surface area (Å²) in [6, 6.07) is 9.81. The number of aliphatic hydroxyl groups excluding tert-OH is 1. The molecular formula is C14H12O2. The first kappa shape index (κ1) is 9.43. The number of benzene rings is 1. The van der Waals surface area contributed by atoms with Crippen molar-refractivity contribution in [2.45, 2.75) is 13.0 Å². The maximum absolute atomic E-state index is 9.92. The van der Waals surface area contributed by atoms with Gasteiger partial charge in [0.2, 0.25) is 0 Å². The van der Waals surface area contributed by atoms with E-state index in [1.165, 1.54) is 0 Å². The molecule has 1 aliphatic rings. The van der Waals surface area contributed by atoms with Crippen LogP contribution in [0.3, 0.4) is 0 Å². The van der Waals surface area contributed by atoms with E-state index in [1.807, 2.05) is 43.3 Å². The molecule has 0 saturated carbocycles. The van der Waals surface area contributed by atoms with Crippen molar-refractivity contribution in [2.75, 3.05) is 0 Å². The number of furan rings is 1. The average molecular weight is 212 g/mol. The Balaban J connectivity index is 2.19. The molecule has 16 heavy (non-hydrogen) atoms. The van der Waals surface area contributed by atoms with Gasteiger partial charge >= 0.3 is 0 Å². The second kappa shape index (κ2) is 3.35. The molecule has 1 aromatic heterocycles. The van der Waals surface area contributed by atoms with Crippen molar-refractivity contribution in [1.82, 2.24) is 0 Å². The summed E-state index contributed by atoms with van der Waals surface area (Å²) in [6.07, 6.45) is 3.01. The lowest BCUT2D eigenvalue weighted by atomic mass is 10.0. The van der Waals surface area contributed by atoms with Crippen molar-refractivity contribution in [1.29, 1.82) is 0 Å². The van der Waals surface area contributed by atoms with E-state index in [4.69, 9.17) is 4.42 Å². The molecular weight excluding hydrogens is 200 g/mol. The van der Waals surface area contributed by atoms with E-state index in [2.05, 4.69) is 0 Å². The summed E-state index contributed by atoms with van der Waals surface area (Å²) in [5, 5.41) is 9.92. The molecule has 2 nitrogen and oxygen atoms in total. The predicted molar refractivity (Wildman–Crippen MR) is 61.9 cm³/mol. The summed E-state index contributed by atoms with van der Waals surface area (Å²) >= 11 is 0. The molecule has 1 heterocycles. The van der Waals surface area contributed by atoms with E-state index < -0.39 is 6.10 Å². The maximum Gasteiger partial charge on any atom is 0.137 e. The third-order valence-electron chi connectivity index (χ3n) is 3.00. The highest BCUT2D eigenvalue weighted by atomic mass is 16.3. The van der Waals surface area contributed by atoms with Crippen LogP contribution >= 0.6 is 0 Å². The topological polar surface area (TPSA) is 33.4 Å². The summed E-state index contributed by atoms with van der Waals surface area (Å²) in [7, 11) is 0. The smallest absolute Gasteiger partial charge is 0.137 e. The fourth-order valence-electron chi connectivity index (χ4n) is 2.18. The summed E-state index contributed by atoms with van der Waals surface area (Å²) in [5.41, 5.74) is 4.10. The quantitative estimate of drug-likeness (QED) is 0.788. The van der Waals surface area contributed by atoms with Crippen LogP contribution < -0.4 is 0 Å². The Labute approximate surface area is 93.8 Å². The first-order valence-electron chi connectivity index (χ1n) is 5.31. The molecule has 80 valence electrons. The Bertz CT molecular complexity index is 564. The monoisotopic (exact) mass is 212 g/mol. The van der Waals surface area contributed by atoms with E-state index in [1.54, 1.807) is 6.26 Å². The lowest BCUT2D eigenvalue weighted by Gasteiger charge is -2.04. The van der Waals surface area contributed by atoms with Gasteiger partial charge in [-0.3, -0.25) is 0 Å². The van der Waals surface area contributed by atoms with Crippen molar-refractivity contribution in [3.05, 3.63) is 65.1 Å². The molecule has 0 amide bonds. The molecule has 2 aromatic rings. The van der Waals surface area contributed by atoms with Gasteiger partial charge in [-0.1, -0.05) is 24.3 Å². The van der Waals surface area contributed by atoms with Gasteiger partial charge in [0, 0.05) is 5.57 Å². The minimum Gasteiger partial charge on any atom is -0.464 e. The molecule has 0 spiro atoms. The molecule has 1 aromatic carbocycles. The average Bonchev–Trinajstić information content (AvgIpc) is 2.84. The van der Waals surface area contributed by atoms with Gasteiger partial charge in [-0.15, -0.1) is 0 Å². The fraction of sp³-hybridized carbons (Fsp3) is 0.143. The Morgan fingerprint density at radius 3 is 2.75 bits per heavy atom. The fourth-order valence-corrected chi connectivity index (χ4v) is 2.18. The molecule has 3 rings (SSSR count). The van der Waals surface area contributed by atoms with Crippen molar-refractivity contribution < 1.29 is 9.52 Å². The number of hydrogen-bond acceptors (Lipinski definition) is 2. The predicted octanol–water partition coefficient (Wildman–Crippen LogP) is 3.07. The van der Waals surface area contributed by atoms with Crippen LogP contribution in [0.5, 0.6) is 0 Å². The Hall–Kier alpha value is -1.80. The van der Waals surface area contributed by atoms with Gasteiger partial charge in [-0.05, 0) is 35.8 Å². The zero-order valence-corrected chi connectivity index (χ0v) is 8.97. The van der Waals surface area contributed by atoms with Crippen molar-refractivity contribution in [3.63, 3.8) is 0 Å². The number of hydrogen-bond donors (Lipinski definition) is 1. The highest BCUT2D eigenvalue weighted by Gasteiger charge is 2.24. The minimum absolute atomic E-state index is 0.518. The molecule has 2 heteroatoms. The lowest BCUT2D eigenvalue weighted by Crippen LogP contribution is -1.89. The standard InChI is InChI=1S/C14H12O2/c1-9-6-7-16-14(9)12-8-13(15)11-5-3-2-4-10(11)12/h2-8,13,15H,1H3. The molecule has 0 bridgehead atoms. The van der Waals surface area contributed by atoms with Crippen molar-refractivity contribution in [3.8, 4) is 0 Å². The van der Waals surface area contributed by atoms with Gasteiger partial charge < -0.3 is 9.52 Å². The maximum atomic E-state index is 9.92. The molecule has 0 radical (unpaired) electrons. The number of aliphatic hydroxyl groups is 1. The van der Waals surface area contributed by atoms with Gasteiger partial charge in [0.05, 0.1) is 12.4 Å². The highest BCUT2D eigenvalue weighted by molar-refractivity contribution is 5.84. The van der Waals surface area contributed by atoms with Gasteiger partial charge in [0.25, 0.3) is 0 Å². The van der Waals surface area contributed by atoms with Crippen LogP contribution in [0.15, 0.2) is 47.1 Å². The molecule has 0 aliphatic heterocycles. The number of rotatable bonds is 1. The molecule has 1 atom stereocenters. The number of fused-ring (bicyclic) bond motifs is 1. The lowest BCUT2D eigenvalue weighted by molar-refractivity contribution is 0.232. The Morgan fingerprint density at radius 2 is 2.00 bits per heavy atom. The van der Waals surface area contributed by atoms with Crippen molar-refractivity contribution in [2.24, 2.45) is 0 Å². The van der Waals surface area contributed by atoms with Crippen LogP contribution in [0.4, 0.5) is 0 Å². The second-order valence-electron chi connectivity index (χ2n) is 4.05. The second-order valence-corrected chi connectivity index (χ2v) is 4.05. The van der Waals surface area contributed by atoms with Gasteiger partial charge in [0.1, 0.15) is 5.76 Å². The normalized spacial score (nSPS) is 18.4. The zero-order chi connectivity index (χ0) is 11.1. The summed E-state index contributed by atoms with van der Waals surface area (Å²) in [5.74, 6) is 0.851. The van der Waals surface area contributed by atoms with Crippen molar-refractivity contribution >= 4 is 5.57 Å². The Morgan fingerprint density at radius 1 is 1.19 bits per heavy atom. The van der Waals surface area contributed by atoms with Crippen LogP contribution in [-0.4, -0.2) is 5.11 Å². The summed E-state index contributed by atoms with van der Waals surface area (Å²) < 4.78 is 5.47. The molecule has 0 saturated heterocycles. The van der Waals surface area contributed by atoms with Gasteiger partial charge in [0.15, 0.2) is 0 Å². The number of aryl methyl sites for hydroxylation is 1. The van der Waals surface area contributed by atoms with Gasteiger partial charge in [-0.25, -0.2) is 0 Å². The third kappa shape index (κ3) is 1.24. The van der Waals surface area contributed by atoms with E-state index in [0.717, 1.165) is 28.0 Å². The van der Waals surface area contributed by atoms with Crippen LogP contribution in [-0.2, 0) is 0 Å². The first-order valence-corrected chi connectivity index (χ1v) is 5.31. The summed E-state index contributed by atoms with van der Waals surface area (Å²) in [6.45, 7) is 2.01. The van der Waals surface area contributed by atoms with Gasteiger partial charge in [-0.2, -0.15) is 0 Å². The van der Waals surface area contributed by atoms with Crippen LogP contribution in [0.2, 0.25) is 0 Å². The largest absolute Gasteiger partial charge is 0.464 e.